The first-order valence-electron chi connectivity index (χ1n) is 7.12. The van der Waals surface area contributed by atoms with Gasteiger partial charge in [-0.1, -0.05) is 11.8 Å². The van der Waals surface area contributed by atoms with Crippen LogP contribution in [-0.4, -0.2) is 45.5 Å². The molecule has 2 aromatic rings. The first-order valence-corrected chi connectivity index (χ1v) is 8.11. The van der Waals surface area contributed by atoms with Gasteiger partial charge in [0, 0.05) is 17.9 Å². The second kappa shape index (κ2) is 6.95. The second-order valence-corrected chi connectivity index (χ2v) is 6.09. The molecule has 0 N–H and O–H groups in total. The van der Waals surface area contributed by atoms with E-state index in [1.807, 2.05) is 0 Å². The lowest BCUT2D eigenvalue weighted by Gasteiger charge is -2.13. The Morgan fingerprint density at radius 1 is 1.14 bits per heavy atom. The van der Waals surface area contributed by atoms with E-state index in [4.69, 9.17) is 0 Å². The molecule has 0 bridgehead atoms. The Morgan fingerprint density at radius 2 is 1.90 bits per heavy atom. The number of likely N-dealkylation sites (tertiary alicyclic amines) is 1. The van der Waals surface area contributed by atoms with E-state index in [1.165, 1.54) is 38.1 Å². The van der Waals surface area contributed by atoms with Crippen LogP contribution in [-0.2, 0) is 0 Å². The zero-order valence-electron chi connectivity index (χ0n) is 11.7. The summed E-state index contributed by atoms with van der Waals surface area (Å²) in [4.78, 5) is 6.95. The van der Waals surface area contributed by atoms with Gasteiger partial charge in [-0.3, -0.25) is 0 Å². The van der Waals surface area contributed by atoms with E-state index in [0.717, 1.165) is 23.6 Å². The van der Waals surface area contributed by atoms with E-state index >= 15 is 0 Å². The monoisotopic (exact) mass is 304 g/mol. The molecule has 6 heteroatoms. The van der Waals surface area contributed by atoms with E-state index in [0.29, 0.717) is 5.16 Å². The molecule has 1 fully saturated rings. The first kappa shape index (κ1) is 14.4. The van der Waals surface area contributed by atoms with Crippen LogP contribution in [0.3, 0.4) is 0 Å². The summed E-state index contributed by atoms with van der Waals surface area (Å²) in [5.41, 5.74) is 1.58. The second-order valence-electron chi connectivity index (χ2n) is 5.03. The highest BCUT2D eigenvalue weighted by molar-refractivity contribution is 7.99. The highest BCUT2D eigenvalue weighted by Gasteiger charge is 2.11. The average molecular weight is 304 g/mol. The number of hydrogen-bond donors (Lipinski definition) is 0. The van der Waals surface area contributed by atoms with Crippen molar-refractivity contribution in [2.45, 2.75) is 18.0 Å². The minimum absolute atomic E-state index is 0.249. The Morgan fingerprint density at radius 3 is 2.67 bits per heavy atom. The zero-order chi connectivity index (χ0) is 14.5. The third-order valence-electron chi connectivity index (χ3n) is 3.52. The lowest BCUT2D eigenvalue weighted by atomic mass is 10.2. The summed E-state index contributed by atoms with van der Waals surface area (Å²) < 4.78 is 12.9. The highest BCUT2D eigenvalue weighted by Crippen LogP contribution is 2.20. The maximum absolute atomic E-state index is 12.9. The van der Waals surface area contributed by atoms with E-state index in [1.54, 1.807) is 30.1 Å². The van der Waals surface area contributed by atoms with Gasteiger partial charge in [0.25, 0.3) is 0 Å². The molecule has 0 saturated carbocycles. The van der Waals surface area contributed by atoms with Crippen molar-refractivity contribution in [3.63, 3.8) is 0 Å². The Bertz CT molecular complexity index is 584. The Kier molecular flexibility index (Phi) is 4.77. The largest absolute Gasteiger partial charge is 0.303 e. The van der Waals surface area contributed by atoms with Crippen molar-refractivity contribution in [1.29, 1.82) is 0 Å². The van der Waals surface area contributed by atoms with Gasteiger partial charge in [0.05, 0.1) is 11.9 Å². The van der Waals surface area contributed by atoms with Gasteiger partial charge in [-0.15, -0.1) is 5.10 Å². The van der Waals surface area contributed by atoms with Crippen molar-refractivity contribution in [3.8, 4) is 11.3 Å². The predicted octanol–water partition coefficient (Wildman–Crippen LogP) is 2.87. The zero-order valence-corrected chi connectivity index (χ0v) is 12.5. The van der Waals surface area contributed by atoms with Crippen molar-refractivity contribution in [3.05, 3.63) is 36.3 Å². The molecule has 0 atom stereocenters. The van der Waals surface area contributed by atoms with E-state index in [2.05, 4.69) is 20.1 Å². The fraction of sp³-hybridized carbons (Fsp3) is 0.400. The van der Waals surface area contributed by atoms with E-state index in [-0.39, 0.29) is 5.82 Å². The standard InChI is InChI=1S/C15H17FN4S/c16-13-5-3-12(4-6-13)14-11-17-19-15(18-14)21-10-9-20-7-1-2-8-20/h3-6,11H,1-2,7-10H2. The quantitative estimate of drug-likeness (QED) is 0.795. The fourth-order valence-electron chi connectivity index (χ4n) is 2.38. The normalized spacial score (nSPS) is 15.5. The molecule has 1 aliphatic rings. The fourth-order valence-corrected chi connectivity index (χ4v) is 3.18. The SMILES string of the molecule is Fc1ccc(-c2cnnc(SCCN3CCCC3)n2)cc1. The van der Waals surface area contributed by atoms with Gasteiger partial charge >= 0.3 is 0 Å². The minimum atomic E-state index is -0.249. The van der Waals surface area contributed by atoms with E-state index in [9.17, 15) is 4.39 Å². The van der Waals surface area contributed by atoms with Gasteiger partial charge in [-0.2, -0.15) is 5.10 Å². The molecule has 0 unspecified atom stereocenters. The van der Waals surface area contributed by atoms with Gasteiger partial charge in [0.2, 0.25) is 5.16 Å². The molecule has 0 amide bonds. The van der Waals surface area contributed by atoms with Crippen LogP contribution in [0.5, 0.6) is 0 Å². The van der Waals surface area contributed by atoms with Crippen molar-refractivity contribution in [1.82, 2.24) is 20.1 Å². The van der Waals surface area contributed by atoms with Crippen molar-refractivity contribution < 1.29 is 4.39 Å². The Balaban J connectivity index is 1.61. The van der Waals surface area contributed by atoms with Crippen molar-refractivity contribution >= 4 is 11.8 Å². The maximum atomic E-state index is 12.9. The van der Waals surface area contributed by atoms with Crippen LogP contribution >= 0.6 is 11.8 Å². The third-order valence-corrected chi connectivity index (χ3v) is 4.33. The summed E-state index contributed by atoms with van der Waals surface area (Å²) in [6, 6.07) is 6.27. The van der Waals surface area contributed by atoms with Crippen LogP contribution < -0.4 is 0 Å². The van der Waals surface area contributed by atoms with Gasteiger partial charge in [0.15, 0.2) is 0 Å². The Labute approximate surface area is 127 Å². The molecular formula is C15H17FN4S. The topological polar surface area (TPSA) is 41.9 Å². The number of rotatable bonds is 5. The molecule has 4 nitrogen and oxygen atoms in total. The van der Waals surface area contributed by atoms with Gasteiger partial charge in [-0.05, 0) is 50.2 Å². The predicted molar refractivity (Wildman–Crippen MR) is 81.6 cm³/mol. The lowest BCUT2D eigenvalue weighted by Crippen LogP contribution is -2.21. The van der Waals surface area contributed by atoms with Gasteiger partial charge < -0.3 is 4.90 Å². The summed E-state index contributed by atoms with van der Waals surface area (Å²) in [6.45, 7) is 3.47. The lowest BCUT2D eigenvalue weighted by molar-refractivity contribution is 0.362. The highest BCUT2D eigenvalue weighted by atomic mass is 32.2. The molecule has 1 aromatic carbocycles. The van der Waals surface area contributed by atoms with Crippen molar-refractivity contribution in [2.75, 3.05) is 25.4 Å². The molecule has 1 aromatic heterocycles. The van der Waals surface area contributed by atoms with Crippen LogP contribution in [0.25, 0.3) is 11.3 Å². The number of benzene rings is 1. The number of hydrogen-bond acceptors (Lipinski definition) is 5. The summed E-state index contributed by atoms with van der Waals surface area (Å²) in [6.07, 6.45) is 4.23. The molecule has 2 heterocycles. The average Bonchev–Trinajstić information content (AvgIpc) is 3.02. The van der Waals surface area contributed by atoms with E-state index < -0.39 is 0 Å². The molecule has 0 spiro atoms. The van der Waals surface area contributed by atoms with Crippen LogP contribution in [0.15, 0.2) is 35.6 Å². The molecule has 1 saturated heterocycles. The molecular weight excluding hydrogens is 287 g/mol. The molecule has 110 valence electrons. The van der Waals surface area contributed by atoms with Crippen molar-refractivity contribution in [2.24, 2.45) is 0 Å². The molecule has 1 aliphatic heterocycles. The number of nitrogens with zero attached hydrogens (tertiary/aromatic N) is 4. The summed E-state index contributed by atoms with van der Waals surface area (Å²) >= 11 is 1.62. The molecule has 21 heavy (non-hydrogen) atoms. The van der Waals surface area contributed by atoms with Gasteiger partial charge in [0.1, 0.15) is 5.82 Å². The van der Waals surface area contributed by atoms with Crippen LogP contribution in [0.4, 0.5) is 4.39 Å². The summed E-state index contributed by atoms with van der Waals surface area (Å²) in [5.74, 6) is 0.718. The number of halogens is 1. The minimum Gasteiger partial charge on any atom is -0.303 e. The van der Waals surface area contributed by atoms with Gasteiger partial charge in [-0.25, -0.2) is 9.37 Å². The smallest absolute Gasteiger partial charge is 0.209 e. The summed E-state index contributed by atoms with van der Waals surface area (Å²) in [5, 5.41) is 8.73. The first-order chi connectivity index (χ1) is 10.3. The van der Waals surface area contributed by atoms with Crippen LogP contribution in [0.2, 0.25) is 0 Å². The number of aromatic nitrogens is 3. The van der Waals surface area contributed by atoms with Crippen LogP contribution in [0.1, 0.15) is 12.8 Å². The Hall–Kier alpha value is -1.53. The van der Waals surface area contributed by atoms with Crippen LogP contribution in [0, 0.1) is 5.82 Å². The summed E-state index contributed by atoms with van der Waals surface area (Å²) in [7, 11) is 0. The molecule has 0 radical (unpaired) electrons. The molecule has 0 aliphatic carbocycles. The maximum Gasteiger partial charge on any atom is 0.209 e. The number of thioether (sulfide) groups is 1. The third kappa shape index (κ3) is 3.98. The molecule has 3 rings (SSSR count).